The maximum atomic E-state index is 8.43. The molecule has 0 fully saturated rings. The minimum absolute atomic E-state index is 0.101. The summed E-state index contributed by atoms with van der Waals surface area (Å²) in [6.45, 7) is 6.41. The van der Waals surface area contributed by atoms with Crippen LogP contribution in [0.15, 0.2) is 24.3 Å². The quantitative estimate of drug-likeness (QED) is 0.735. The van der Waals surface area contributed by atoms with Gasteiger partial charge in [-0.25, -0.2) is 0 Å². The van der Waals surface area contributed by atoms with E-state index in [9.17, 15) is 0 Å². The second kappa shape index (κ2) is 7.70. The third-order valence-corrected chi connectivity index (χ3v) is 2.43. The van der Waals surface area contributed by atoms with E-state index in [-0.39, 0.29) is 6.61 Å². The van der Waals surface area contributed by atoms with Crippen molar-refractivity contribution < 1.29 is 4.74 Å². The van der Waals surface area contributed by atoms with E-state index < -0.39 is 0 Å². The molecule has 0 saturated heterocycles. The molecule has 0 aliphatic heterocycles. The molecule has 0 saturated carbocycles. The summed E-state index contributed by atoms with van der Waals surface area (Å²) in [5.74, 6) is 1.49. The van der Waals surface area contributed by atoms with Crippen molar-refractivity contribution >= 4 is 0 Å². The van der Waals surface area contributed by atoms with E-state index >= 15 is 0 Å². The van der Waals surface area contributed by atoms with Gasteiger partial charge in [-0.2, -0.15) is 5.26 Å². The lowest BCUT2D eigenvalue weighted by molar-refractivity contribution is 0.367. The van der Waals surface area contributed by atoms with Gasteiger partial charge in [0.25, 0.3) is 0 Å². The number of nitriles is 1. The van der Waals surface area contributed by atoms with Crippen LogP contribution in [0.4, 0.5) is 0 Å². The van der Waals surface area contributed by atoms with Crippen LogP contribution in [0, 0.1) is 17.2 Å². The van der Waals surface area contributed by atoms with Crippen molar-refractivity contribution in [2.75, 3.05) is 13.2 Å². The van der Waals surface area contributed by atoms with Gasteiger partial charge in [0.1, 0.15) is 11.8 Å². The van der Waals surface area contributed by atoms with E-state index in [2.05, 4.69) is 25.2 Å². The van der Waals surface area contributed by atoms with E-state index in [1.165, 1.54) is 12.0 Å². The van der Waals surface area contributed by atoms with E-state index in [1.54, 1.807) is 0 Å². The zero-order chi connectivity index (χ0) is 12.5. The Morgan fingerprint density at radius 2 is 2.24 bits per heavy atom. The van der Waals surface area contributed by atoms with Crippen LogP contribution >= 0.6 is 0 Å². The number of benzene rings is 1. The first-order chi connectivity index (χ1) is 8.22. The van der Waals surface area contributed by atoms with Gasteiger partial charge in [0, 0.05) is 6.54 Å². The zero-order valence-corrected chi connectivity index (χ0v) is 10.6. The third-order valence-electron chi connectivity index (χ3n) is 2.43. The van der Waals surface area contributed by atoms with Crippen LogP contribution in [-0.2, 0) is 6.54 Å². The van der Waals surface area contributed by atoms with Crippen molar-refractivity contribution in [3.8, 4) is 11.8 Å². The third kappa shape index (κ3) is 5.94. The van der Waals surface area contributed by atoms with Crippen LogP contribution in [0.25, 0.3) is 0 Å². The monoisotopic (exact) mass is 232 g/mol. The summed E-state index contributed by atoms with van der Waals surface area (Å²) in [5, 5.41) is 11.8. The number of nitrogens with one attached hydrogen (secondary N) is 1. The Morgan fingerprint density at radius 3 is 2.94 bits per heavy atom. The summed E-state index contributed by atoms with van der Waals surface area (Å²) in [4.78, 5) is 0. The SMILES string of the molecule is CC(C)CCNCc1cccc(OCC#N)c1. The highest BCUT2D eigenvalue weighted by atomic mass is 16.5. The van der Waals surface area contributed by atoms with Crippen LogP contribution in [0.2, 0.25) is 0 Å². The van der Waals surface area contributed by atoms with Crippen molar-refractivity contribution in [1.29, 1.82) is 5.26 Å². The van der Waals surface area contributed by atoms with Crippen LogP contribution in [0.1, 0.15) is 25.8 Å². The van der Waals surface area contributed by atoms with Gasteiger partial charge < -0.3 is 10.1 Å². The van der Waals surface area contributed by atoms with Gasteiger partial charge in [0.15, 0.2) is 6.61 Å². The van der Waals surface area contributed by atoms with Crippen LogP contribution in [0.3, 0.4) is 0 Å². The molecule has 0 aliphatic rings. The van der Waals surface area contributed by atoms with Gasteiger partial charge in [0.05, 0.1) is 0 Å². The minimum Gasteiger partial charge on any atom is -0.479 e. The highest BCUT2D eigenvalue weighted by Gasteiger charge is 1.97. The van der Waals surface area contributed by atoms with E-state index in [0.717, 1.165) is 24.8 Å². The lowest BCUT2D eigenvalue weighted by atomic mass is 10.1. The molecule has 1 rings (SSSR count). The first-order valence-corrected chi connectivity index (χ1v) is 6.01. The second-order valence-electron chi connectivity index (χ2n) is 4.45. The number of hydrogen-bond acceptors (Lipinski definition) is 3. The average Bonchev–Trinajstić information content (AvgIpc) is 2.32. The molecule has 0 spiro atoms. The Bertz CT molecular complexity index is 369. The zero-order valence-electron chi connectivity index (χ0n) is 10.6. The summed E-state index contributed by atoms with van der Waals surface area (Å²) < 4.78 is 5.25. The van der Waals surface area contributed by atoms with Crippen LogP contribution < -0.4 is 10.1 Å². The minimum atomic E-state index is 0.101. The van der Waals surface area contributed by atoms with Crippen molar-refractivity contribution in [2.45, 2.75) is 26.8 Å². The molecule has 92 valence electrons. The molecule has 3 heteroatoms. The predicted octanol–water partition coefficient (Wildman–Crippen LogP) is 2.72. The molecule has 0 aromatic heterocycles. The Morgan fingerprint density at radius 1 is 1.41 bits per heavy atom. The van der Waals surface area contributed by atoms with E-state index in [1.807, 2.05) is 24.3 Å². The summed E-state index contributed by atoms with van der Waals surface area (Å²) in [6, 6.07) is 9.81. The number of hydrogen-bond donors (Lipinski definition) is 1. The normalized spacial score (nSPS) is 10.2. The lowest BCUT2D eigenvalue weighted by Crippen LogP contribution is -2.16. The molecule has 1 aromatic carbocycles. The molecule has 3 nitrogen and oxygen atoms in total. The molecule has 0 aliphatic carbocycles. The van der Waals surface area contributed by atoms with Gasteiger partial charge in [-0.3, -0.25) is 0 Å². The standard InChI is InChI=1S/C14H20N2O/c1-12(2)6-8-16-11-13-4-3-5-14(10-13)17-9-7-15/h3-5,10,12,16H,6,8-9,11H2,1-2H3. The molecule has 0 amide bonds. The maximum absolute atomic E-state index is 8.43. The fraction of sp³-hybridized carbons (Fsp3) is 0.500. The Hall–Kier alpha value is -1.53. The molecule has 1 N–H and O–H groups in total. The molecule has 0 atom stereocenters. The highest BCUT2D eigenvalue weighted by molar-refractivity contribution is 5.28. The van der Waals surface area contributed by atoms with Gasteiger partial charge in [-0.05, 0) is 36.6 Å². The first-order valence-electron chi connectivity index (χ1n) is 6.01. The Labute approximate surface area is 103 Å². The molecule has 0 heterocycles. The van der Waals surface area contributed by atoms with E-state index in [0.29, 0.717) is 0 Å². The van der Waals surface area contributed by atoms with Crippen molar-refractivity contribution in [3.63, 3.8) is 0 Å². The van der Waals surface area contributed by atoms with Crippen LogP contribution in [-0.4, -0.2) is 13.2 Å². The topological polar surface area (TPSA) is 45.0 Å². The van der Waals surface area contributed by atoms with Crippen molar-refractivity contribution in [1.82, 2.24) is 5.32 Å². The van der Waals surface area contributed by atoms with Gasteiger partial charge in [-0.15, -0.1) is 0 Å². The summed E-state index contributed by atoms with van der Waals surface area (Å²) in [7, 11) is 0. The van der Waals surface area contributed by atoms with Crippen LogP contribution in [0.5, 0.6) is 5.75 Å². The maximum Gasteiger partial charge on any atom is 0.174 e. The first kappa shape index (κ1) is 13.5. The smallest absolute Gasteiger partial charge is 0.174 e. The van der Waals surface area contributed by atoms with Gasteiger partial charge in [0.2, 0.25) is 0 Å². The Kier molecular flexibility index (Phi) is 6.13. The molecular formula is C14H20N2O. The molecule has 0 radical (unpaired) electrons. The van der Waals surface area contributed by atoms with Gasteiger partial charge >= 0.3 is 0 Å². The molecule has 0 unspecified atom stereocenters. The largest absolute Gasteiger partial charge is 0.479 e. The second-order valence-corrected chi connectivity index (χ2v) is 4.45. The van der Waals surface area contributed by atoms with E-state index in [4.69, 9.17) is 10.00 Å². The average molecular weight is 232 g/mol. The predicted molar refractivity (Wildman–Crippen MR) is 68.7 cm³/mol. The summed E-state index contributed by atoms with van der Waals surface area (Å²) in [5.41, 5.74) is 1.18. The summed E-state index contributed by atoms with van der Waals surface area (Å²) in [6.07, 6.45) is 1.19. The summed E-state index contributed by atoms with van der Waals surface area (Å²) >= 11 is 0. The number of rotatable bonds is 7. The number of ether oxygens (including phenoxy) is 1. The molecule has 0 bridgehead atoms. The molecule has 1 aromatic rings. The molecular weight excluding hydrogens is 212 g/mol. The fourth-order valence-corrected chi connectivity index (χ4v) is 1.48. The highest BCUT2D eigenvalue weighted by Crippen LogP contribution is 2.13. The Balaban J connectivity index is 2.35. The van der Waals surface area contributed by atoms with Crippen molar-refractivity contribution in [2.24, 2.45) is 5.92 Å². The lowest BCUT2D eigenvalue weighted by Gasteiger charge is -2.08. The van der Waals surface area contributed by atoms with Gasteiger partial charge in [-0.1, -0.05) is 26.0 Å². The fourth-order valence-electron chi connectivity index (χ4n) is 1.48. The number of nitrogens with zero attached hydrogens (tertiary/aromatic N) is 1. The van der Waals surface area contributed by atoms with Crippen molar-refractivity contribution in [3.05, 3.63) is 29.8 Å². The molecule has 17 heavy (non-hydrogen) atoms.